The molecule has 1 aromatic carbocycles. The second-order valence-corrected chi connectivity index (χ2v) is 13.3. The Kier molecular flexibility index (Phi) is 7.94. The molecule has 0 radical (unpaired) electrons. The molecule has 0 N–H and O–H groups in total. The Hall–Kier alpha value is -2.32. The van der Waals surface area contributed by atoms with Crippen LogP contribution in [0.15, 0.2) is 47.4 Å². The predicted molar refractivity (Wildman–Crippen MR) is 130 cm³/mol. The number of nitriles is 1. The van der Waals surface area contributed by atoms with Crippen molar-refractivity contribution < 1.29 is 9.53 Å². The summed E-state index contributed by atoms with van der Waals surface area (Å²) in [7, 11) is 0.249. The molecule has 168 valence electrons. The van der Waals surface area contributed by atoms with Gasteiger partial charge in [-0.3, -0.25) is 4.79 Å². The van der Waals surface area contributed by atoms with E-state index < -0.39 is 15.4 Å². The highest BCUT2D eigenvalue weighted by molar-refractivity contribution is 8.33. The average molecular weight is 441 g/mol. The molecule has 1 heterocycles. The van der Waals surface area contributed by atoms with Gasteiger partial charge in [0.15, 0.2) is 5.78 Å². The van der Waals surface area contributed by atoms with Crippen LogP contribution in [-0.4, -0.2) is 35.6 Å². The molecule has 0 saturated carbocycles. The fourth-order valence-corrected chi connectivity index (χ4v) is 8.02. The lowest BCUT2D eigenvalue weighted by molar-refractivity contribution is -0.129. The molecule has 0 saturated heterocycles. The zero-order valence-electron chi connectivity index (χ0n) is 20.1. The summed E-state index contributed by atoms with van der Waals surface area (Å²) in [5.74, 6) is 0.481. The Morgan fingerprint density at radius 1 is 1.16 bits per heavy atom. The van der Waals surface area contributed by atoms with Crippen LogP contribution in [0.25, 0.3) is 0 Å². The lowest BCUT2D eigenvalue weighted by Crippen LogP contribution is -2.43. The van der Waals surface area contributed by atoms with Gasteiger partial charge in [-0.15, -0.1) is 0 Å². The van der Waals surface area contributed by atoms with Crippen molar-refractivity contribution in [3.8, 4) is 11.9 Å². The van der Waals surface area contributed by atoms with E-state index in [2.05, 4.69) is 61.7 Å². The number of hydrogen-bond donors (Lipinski definition) is 0. The van der Waals surface area contributed by atoms with Gasteiger partial charge in [0, 0.05) is 29.3 Å². The zero-order chi connectivity index (χ0) is 23.4. The van der Waals surface area contributed by atoms with E-state index >= 15 is 0 Å². The fraction of sp³-hybridized carbons (Fsp3) is 0.500. The maximum Gasteiger partial charge on any atom is 0.213 e. The van der Waals surface area contributed by atoms with E-state index in [1.165, 1.54) is 4.90 Å². The van der Waals surface area contributed by atoms with Crippen molar-refractivity contribution in [1.82, 2.24) is 4.98 Å². The predicted octanol–water partition coefficient (Wildman–Crippen LogP) is 5.82. The summed E-state index contributed by atoms with van der Waals surface area (Å²) in [4.78, 5) is 19.8. The van der Waals surface area contributed by atoms with Gasteiger partial charge in [0.05, 0.1) is 13.2 Å². The molecule has 0 amide bonds. The zero-order valence-corrected chi connectivity index (χ0v) is 20.9. The van der Waals surface area contributed by atoms with Gasteiger partial charge in [-0.2, -0.15) is 5.26 Å². The molecule has 1 aromatic heterocycles. The van der Waals surface area contributed by atoms with E-state index in [-0.39, 0.29) is 22.9 Å². The smallest absolute Gasteiger partial charge is 0.213 e. The lowest BCUT2D eigenvalue weighted by atomic mass is 9.76. The number of aromatic nitrogens is 1. The van der Waals surface area contributed by atoms with Crippen LogP contribution >= 0.6 is 10.0 Å². The van der Waals surface area contributed by atoms with Crippen LogP contribution in [0, 0.1) is 35.5 Å². The summed E-state index contributed by atoms with van der Waals surface area (Å²) >= 11 is 0. The van der Waals surface area contributed by atoms with Crippen molar-refractivity contribution in [3.63, 3.8) is 0 Å². The van der Waals surface area contributed by atoms with Crippen molar-refractivity contribution in [2.24, 2.45) is 17.3 Å². The quantitative estimate of drug-likeness (QED) is 0.492. The molecule has 0 spiro atoms. The van der Waals surface area contributed by atoms with Gasteiger partial charge in [0.2, 0.25) is 5.88 Å². The molecule has 31 heavy (non-hydrogen) atoms. The monoisotopic (exact) mass is 440 g/mol. The van der Waals surface area contributed by atoms with E-state index in [1.54, 1.807) is 21.0 Å². The van der Waals surface area contributed by atoms with E-state index in [9.17, 15) is 10.1 Å². The summed E-state index contributed by atoms with van der Waals surface area (Å²) in [6.45, 7) is 9.85. The largest absolute Gasteiger partial charge is 0.481 e. The molecule has 2 aromatic rings. The number of nitrogens with zero attached hydrogens (tertiary/aromatic N) is 2. The van der Waals surface area contributed by atoms with Crippen molar-refractivity contribution in [3.05, 3.63) is 53.7 Å². The topological polar surface area (TPSA) is 63.0 Å². The Morgan fingerprint density at radius 3 is 2.29 bits per heavy atom. The maximum absolute atomic E-state index is 13.8. The molecule has 4 nitrogen and oxygen atoms in total. The first kappa shape index (κ1) is 24.9. The van der Waals surface area contributed by atoms with Crippen LogP contribution in [0.2, 0.25) is 0 Å². The van der Waals surface area contributed by atoms with E-state index in [1.807, 2.05) is 25.1 Å². The summed E-state index contributed by atoms with van der Waals surface area (Å²) in [6, 6.07) is 16.5. The van der Waals surface area contributed by atoms with Crippen LogP contribution in [0.3, 0.4) is 0 Å². The van der Waals surface area contributed by atoms with E-state index in [4.69, 9.17) is 4.74 Å². The van der Waals surface area contributed by atoms with E-state index in [0.29, 0.717) is 12.3 Å². The standard InChI is InChI=1S/C26H36N2O2S/c1-18(2)24(31(7,8)20-12-10-9-11-13-20)21(25(29)26(4,5)17-27)16-22-19(3)14-15-23(28-22)30-6/h9-15,18,21,24H,16H2,1-8H3/t21-,24+/m0/s1. The number of rotatable bonds is 9. The summed E-state index contributed by atoms with van der Waals surface area (Å²) in [5, 5.41) is 9.86. The van der Waals surface area contributed by atoms with Crippen molar-refractivity contribution in [2.75, 3.05) is 19.6 Å². The number of methoxy groups -OCH3 is 1. The van der Waals surface area contributed by atoms with Gasteiger partial charge in [-0.1, -0.05) is 50.2 Å². The molecule has 2 atom stereocenters. The van der Waals surface area contributed by atoms with Crippen LogP contribution < -0.4 is 4.74 Å². The molecule has 0 unspecified atom stereocenters. The number of carbonyl (C=O) groups excluding carboxylic acids is 1. The highest BCUT2D eigenvalue weighted by Crippen LogP contribution is 2.59. The minimum absolute atomic E-state index is 0.00535. The minimum atomic E-state index is -1.35. The first-order valence-electron chi connectivity index (χ1n) is 10.7. The Morgan fingerprint density at radius 2 is 1.77 bits per heavy atom. The summed E-state index contributed by atoms with van der Waals surface area (Å²) in [5.41, 5.74) is 0.834. The number of pyridine rings is 1. The van der Waals surface area contributed by atoms with Crippen molar-refractivity contribution >= 4 is 15.8 Å². The van der Waals surface area contributed by atoms with Gasteiger partial charge in [0.1, 0.15) is 5.41 Å². The summed E-state index contributed by atoms with van der Waals surface area (Å²) in [6.07, 6.45) is 5.08. The third-order valence-electron chi connectivity index (χ3n) is 6.12. The first-order valence-corrected chi connectivity index (χ1v) is 13.2. The lowest BCUT2D eigenvalue weighted by Gasteiger charge is -2.47. The molecule has 0 aliphatic heterocycles. The van der Waals surface area contributed by atoms with Crippen LogP contribution in [0.4, 0.5) is 0 Å². The number of ketones is 1. The number of aryl methyl sites for hydroxylation is 1. The average Bonchev–Trinajstić information content (AvgIpc) is 2.74. The molecule has 0 bridgehead atoms. The summed E-state index contributed by atoms with van der Waals surface area (Å²) < 4.78 is 5.34. The van der Waals surface area contributed by atoms with Gasteiger partial charge in [-0.25, -0.2) is 15.0 Å². The number of benzene rings is 1. The molecular weight excluding hydrogens is 404 g/mol. The second kappa shape index (κ2) is 9.87. The second-order valence-electron chi connectivity index (χ2n) is 9.46. The Labute approximate surface area is 189 Å². The fourth-order valence-electron chi connectivity index (χ4n) is 4.44. The number of hydrogen-bond acceptors (Lipinski definition) is 4. The third kappa shape index (κ3) is 5.49. The van der Waals surface area contributed by atoms with Gasteiger partial charge in [-0.05, 0) is 49.7 Å². The number of ether oxygens (including phenoxy) is 1. The molecule has 0 aliphatic rings. The third-order valence-corrected chi connectivity index (χ3v) is 9.84. The SMILES string of the molecule is COc1ccc(C)c(C[C@H](C(=O)C(C)(C)C#N)[C@@H](C(C)C)S(C)(C)c2ccccc2)n1. The van der Waals surface area contributed by atoms with Crippen molar-refractivity contribution in [2.45, 2.75) is 51.2 Å². The first-order chi connectivity index (χ1) is 14.5. The normalized spacial score (nSPS) is 14.6. The highest BCUT2D eigenvalue weighted by Gasteiger charge is 2.44. The van der Waals surface area contributed by atoms with Crippen LogP contribution in [-0.2, 0) is 11.2 Å². The number of Topliss-reactive ketones (excluding diaryl/α,β-unsaturated/α-hetero) is 1. The maximum atomic E-state index is 13.8. The van der Waals surface area contributed by atoms with E-state index in [0.717, 1.165) is 11.3 Å². The Balaban J connectivity index is 2.64. The molecular formula is C26H36N2O2S. The molecule has 2 rings (SSSR count). The molecule has 5 heteroatoms. The Bertz CT molecular complexity index is 946. The molecule has 0 aliphatic carbocycles. The van der Waals surface area contributed by atoms with Gasteiger partial charge < -0.3 is 4.74 Å². The van der Waals surface area contributed by atoms with Crippen molar-refractivity contribution in [1.29, 1.82) is 5.26 Å². The van der Waals surface area contributed by atoms with Gasteiger partial charge >= 0.3 is 0 Å². The number of carbonyl (C=O) groups is 1. The minimum Gasteiger partial charge on any atom is -0.481 e. The molecule has 0 fully saturated rings. The van der Waals surface area contributed by atoms with Crippen LogP contribution in [0.5, 0.6) is 5.88 Å². The highest BCUT2D eigenvalue weighted by atomic mass is 32.3. The van der Waals surface area contributed by atoms with Gasteiger partial charge in [0.25, 0.3) is 0 Å². The van der Waals surface area contributed by atoms with Crippen LogP contribution in [0.1, 0.15) is 39.0 Å².